The van der Waals surface area contributed by atoms with Crippen molar-refractivity contribution in [3.8, 4) is 11.5 Å². The van der Waals surface area contributed by atoms with E-state index in [1.54, 1.807) is 6.07 Å². The van der Waals surface area contributed by atoms with E-state index in [0.717, 1.165) is 16.7 Å². The predicted octanol–water partition coefficient (Wildman–Crippen LogP) is 5.01. The molecule has 33 heavy (non-hydrogen) atoms. The summed E-state index contributed by atoms with van der Waals surface area (Å²) in [6.45, 7) is 2.17. The van der Waals surface area contributed by atoms with Crippen LogP contribution in [-0.4, -0.2) is 22.7 Å². The molecular weight excluding hydrogens is 422 g/mol. The molecule has 0 aromatic heterocycles. The quantitative estimate of drug-likeness (QED) is 0.349. The number of nitrogens with zero attached hydrogens (tertiary/aromatic N) is 1. The molecule has 0 radical (unpaired) electrons. The van der Waals surface area contributed by atoms with Crippen LogP contribution in [-0.2, 0) is 0 Å². The number of phenolic OH excluding ortho intramolecular Hbond substituents is 1. The molecule has 3 N–H and O–H groups in total. The van der Waals surface area contributed by atoms with Crippen molar-refractivity contribution in [1.29, 1.82) is 0 Å². The van der Waals surface area contributed by atoms with E-state index < -0.39 is 28.4 Å². The first kappa shape index (κ1) is 21.9. The highest BCUT2D eigenvalue weighted by Gasteiger charge is 2.32. The van der Waals surface area contributed by atoms with Gasteiger partial charge in [-0.15, -0.1) is 0 Å². The summed E-state index contributed by atoms with van der Waals surface area (Å²) in [7, 11) is 0. The number of aromatic hydroxyl groups is 1. The zero-order chi connectivity index (χ0) is 23.4. The molecule has 4 rings (SSSR count). The number of nitro benzene ring substituents is 1. The number of rotatable bonds is 7. The summed E-state index contributed by atoms with van der Waals surface area (Å²) in [5.41, 5.74) is 2.91. The lowest BCUT2D eigenvalue weighted by atomic mass is 9.87. The van der Waals surface area contributed by atoms with E-state index in [1.165, 1.54) is 6.07 Å². The van der Waals surface area contributed by atoms with Gasteiger partial charge >= 0.3 is 11.7 Å². The van der Waals surface area contributed by atoms with Crippen LogP contribution in [0.4, 0.5) is 10.5 Å². The minimum atomic E-state index is -0.723. The lowest BCUT2D eigenvalue weighted by Gasteiger charge is -2.31. The van der Waals surface area contributed by atoms with Crippen LogP contribution >= 0.6 is 0 Å². The fourth-order valence-corrected chi connectivity index (χ4v) is 3.82. The third-order valence-electron chi connectivity index (χ3n) is 5.29. The number of benzene rings is 3. The number of nitrogens with one attached hydrogen (secondary N) is 2. The van der Waals surface area contributed by atoms with Gasteiger partial charge in [-0.25, -0.2) is 4.79 Å². The molecule has 0 fully saturated rings. The minimum absolute atomic E-state index is 0.00232. The van der Waals surface area contributed by atoms with Gasteiger partial charge in [-0.3, -0.25) is 10.1 Å². The van der Waals surface area contributed by atoms with Crippen LogP contribution in [0, 0.1) is 10.1 Å². The Hall–Kier alpha value is -4.33. The van der Waals surface area contributed by atoms with Crippen molar-refractivity contribution in [2.24, 2.45) is 0 Å². The molecule has 0 aliphatic carbocycles. The Bertz CT molecular complexity index is 1210. The number of amides is 2. The zero-order valence-corrected chi connectivity index (χ0v) is 17.9. The summed E-state index contributed by atoms with van der Waals surface area (Å²) in [5, 5.41) is 27.8. The van der Waals surface area contributed by atoms with E-state index in [2.05, 4.69) is 10.6 Å². The van der Waals surface area contributed by atoms with Crippen molar-refractivity contribution in [3.63, 3.8) is 0 Å². The molecule has 2 amide bonds. The standard InChI is InChI=1S/C25H23N3O5/c1-2-13-33-20-15-18(14-19(24(20)29)28(31)32)23-21(16-9-5-3-6-10-16)22(26-25(30)27-23)17-11-7-4-8-12-17/h3-12,14-15,23,29H,2,13H2,1H3,(H2,26,27,30). The predicted molar refractivity (Wildman–Crippen MR) is 125 cm³/mol. The van der Waals surface area contributed by atoms with Gasteiger partial charge in [-0.1, -0.05) is 67.6 Å². The summed E-state index contributed by atoms with van der Waals surface area (Å²) < 4.78 is 5.59. The summed E-state index contributed by atoms with van der Waals surface area (Å²) in [4.78, 5) is 23.7. The molecule has 3 aromatic carbocycles. The van der Waals surface area contributed by atoms with Crippen LogP contribution in [0.3, 0.4) is 0 Å². The highest BCUT2D eigenvalue weighted by Crippen LogP contribution is 2.44. The first-order chi connectivity index (χ1) is 16.0. The number of hydrogen-bond acceptors (Lipinski definition) is 5. The van der Waals surface area contributed by atoms with E-state index in [-0.39, 0.29) is 12.4 Å². The minimum Gasteiger partial charge on any atom is -0.500 e. The topological polar surface area (TPSA) is 114 Å². The van der Waals surface area contributed by atoms with Crippen LogP contribution in [0.25, 0.3) is 11.3 Å². The number of urea groups is 1. The number of nitro groups is 1. The largest absolute Gasteiger partial charge is 0.500 e. The Morgan fingerprint density at radius 1 is 1.03 bits per heavy atom. The van der Waals surface area contributed by atoms with E-state index in [1.807, 2.05) is 67.6 Å². The maximum atomic E-state index is 12.7. The van der Waals surface area contributed by atoms with Crippen molar-refractivity contribution in [3.05, 3.63) is 99.6 Å². The first-order valence-corrected chi connectivity index (χ1v) is 10.6. The fraction of sp³-hybridized carbons (Fsp3) is 0.160. The van der Waals surface area contributed by atoms with E-state index in [4.69, 9.17) is 4.74 Å². The number of ether oxygens (including phenoxy) is 1. The molecule has 1 unspecified atom stereocenters. The maximum Gasteiger partial charge on any atom is 0.320 e. The molecule has 1 aliphatic rings. The lowest BCUT2D eigenvalue weighted by Crippen LogP contribution is -2.43. The summed E-state index contributed by atoms with van der Waals surface area (Å²) in [5.74, 6) is -0.534. The third-order valence-corrected chi connectivity index (χ3v) is 5.29. The van der Waals surface area contributed by atoms with Gasteiger partial charge in [0.2, 0.25) is 5.75 Å². The van der Waals surface area contributed by atoms with Gasteiger partial charge < -0.3 is 20.5 Å². The van der Waals surface area contributed by atoms with Crippen LogP contribution in [0.15, 0.2) is 72.8 Å². The number of phenols is 1. The van der Waals surface area contributed by atoms with Crippen LogP contribution < -0.4 is 15.4 Å². The number of carbonyl (C=O) groups is 1. The van der Waals surface area contributed by atoms with Crippen LogP contribution in [0.1, 0.15) is 36.1 Å². The second-order valence-electron chi connectivity index (χ2n) is 7.54. The Kier molecular flexibility index (Phi) is 6.26. The first-order valence-electron chi connectivity index (χ1n) is 10.6. The lowest BCUT2D eigenvalue weighted by molar-refractivity contribution is -0.386. The maximum absolute atomic E-state index is 12.7. The summed E-state index contributed by atoms with van der Waals surface area (Å²) in [6.07, 6.45) is 0.662. The molecule has 0 spiro atoms. The molecule has 3 aromatic rings. The molecule has 8 heteroatoms. The molecule has 0 saturated carbocycles. The molecular formula is C25H23N3O5. The average Bonchev–Trinajstić information content (AvgIpc) is 2.83. The average molecular weight is 445 g/mol. The molecule has 1 atom stereocenters. The molecule has 1 heterocycles. The highest BCUT2D eigenvalue weighted by atomic mass is 16.6. The smallest absolute Gasteiger partial charge is 0.320 e. The molecule has 168 valence electrons. The van der Waals surface area contributed by atoms with Gasteiger partial charge in [0.15, 0.2) is 5.75 Å². The van der Waals surface area contributed by atoms with Gasteiger partial charge in [-0.2, -0.15) is 0 Å². The van der Waals surface area contributed by atoms with Crippen molar-refractivity contribution in [2.75, 3.05) is 6.61 Å². The Morgan fingerprint density at radius 3 is 2.27 bits per heavy atom. The van der Waals surface area contributed by atoms with Crippen molar-refractivity contribution in [1.82, 2.24) is 10.6 Å². The second-order valence-corrected chi connectivity index (χ2v) is 7.54. The van der Waals surface area contributed by atoms with Crippen molar-refractivity contribution < 1.29 is 19.6 Å². The molecule has 1 aliphatic heterocycles. The van der Waals surface area contributed by atoms with Gasteiger partial charge in [0.1, 0.15) is 0 Å². The van der Waals surface area contributed by atoms with E-state index in [0.29, 0.717) is 17.7 Å². The number of carbonyl (C=O) groups excluding carboxylic acids is 1. The van der Waals surface area contributed by atoms with E-state index in [9.17, 15) is 20.0 Å². The molecule has 0 bridgehead atoms. The van der Waals surface area contributed by atoms with E-state index >= 15 is 0 Å². The third kappa shape index (κ3) is 4.50. The van der Waals surface area contributed by atoms with Crippen molar-refractivity contribution >= 4 is 23.0 Å². The molecule has 8 nitrogen and oxygen atoms in total. The van der Waals surface area contributed by atoms with Gasteiger partial charge in [0.25, 0.3) is 0 Å². The number of hydrogen-bond donors (Lipinski definition) is 3. The Morgan fingerprint density at radius 2 is 1.67 bits per heavy atom. The normalized spacial score (nSPS) is 15.5. The fourth-order valence-electron chi connectivity index (χ4n) is 3.82. The van der Waals surface area contributed by atoms with Gasteiger partial charge in [0, 0.05) is 11.6 Å². The monoisotopic (exact) mass is 445 g/mol. The van der Waals surface area contributed by atoms with Crippen LogP contribution in [0.2, 0.25) is 0 Å². The van der Waals surface area contributed by atoms with Gasteiger partial charge in [0.05, 0.1) is 23.3 Å². The summed E-state index contributed by atoms with van der Waals surface area (Å²) in [6, 6.07) is 20.5. The highest BCUT2D eigenvalue weighted by molar-refractivity contribution is 6.03. The Balaban J connectivity index is 1.96. The SMILES string of the molecule is CCCOc1cc(C2NC(=O)NC(c3ccccc3)=C2c2ccccc2)cc([N+](=O)[O-])c1O. The second kappa shape index (κ2) is 9.44. The van der Waals surface area contributed by atoms with Crippen LogP contribution in [0.5, 0.6) is 11.5 Å². The summed E-state index contributed by atoms with van der Waals surface area (Å²) >= 11 is 0. The Labute approximate surface area is 190 Å². The van der Waals surface area contributed by atoms with Crippen molar-refractivity contribution in [2.45, 2.75) is 19.4 Å². The molecule has 0 saturated heterocycles. The van der Waals surface area contributed by atoms with Gasteiger partial charge in [-0.05, 0) is 29.2 Å². The zero-order valence-electron chi connectivity index (χ0n) is 17.9.